The standard InChI is InChI=1S/C34H34N2O3/c1-2-38-34(37)17-10-28-9-16-33-32(24-28)29(11-8-26-6-4-3-5-7-26)25-36(33)30-12-14-31(15-13-30)39-23-20-27-18-21-35-22-19-27/h3-7,9,12-16,18-19,21-22,24-25H,2,8,10-11,17,20,23H2,1H3. The maximum absolute atomic E-state index is 11.9. The average Bonchev–Trinajstić information content (AvgIpc) is 3.34. The number of carbonyl (C=O) groups excluding carboxylic acids is 1. The number of hydrogen-bond donors (Lipinski definition) is 0. The minimum absolute atomic E-state index is 0.150. The molecule has 0 saturated heterocycles. The van der Waals surface area contributed by atoms with Gasteiger partial charge in [-0.05, 0) is 97.0 Å². The number of nitrogens with zero attached hydrogens (tertiary/aromatic N) is 2. The molecule has 0 unspecified atom stereocenters. The van der Waals surface area contributed by atoms with Gasteiger partial charge >= 0.3 is 5.97 Å². The molecule has 0 N–H and O–H groups in total. The van der Waals surface area contributed by atoms with Crippen LogP contribution in [-0.2, 0) is 35.2 Å². The summed E-state index contributed by atoms with van der Waals surface area (Å²) in [6.45, 7) is 2.87. The fourth-order valence-electron chi connectivity index (χ4n) is 4.86. The number of esters is 1. The molecular formula is C34H34N2O3. The largest absolute Gasteiger partial charge is 0.493 e. The van der Waals surface area contributed by atoms with E-state index in [1.54, 1.807) is 0 Å². The topological polar surface area (TPSA) is 53.4 Å². The molecule has 0 spiro atoms. The van der Waals surface area contributed by atoms with Crippen LogP contribution in [0.3, 0.4) is 0 Å². The van der Waals surface area contributed by atoms with Crippen LogP contribution in [0.15, 0.2) is 104 Å². The summed E-state index contributed by atoms with van der Waals surface area (Å²) < 4.78 is 13.4. The van der Waals surface area contributed by atoms with Gasteiger partial charge in [-0.25, -0.2) is 0 Å². The number of benzene rings is 3. The quantitative estimate of drug-likeness (QED) is 0.168. The Hall–Kier alpha value is -4.38. The van der Waals surface area contributed by atoms with E-state index in [4.69, 9.17) is 9.47 Å². The summed E-state index contributed by atoms with van der Waals surface area (Å²) in [5.74, 6) is 0.706. The highest BCUT2D eigenvalue weighted by Crippen LogP contribution is 2.29. The van der Waals surface area contributed by atoms with Crippen molar-refractivity contribution in [1.82, 2.24) is 9.55 Å². The summed E-state index contributed by atoms with van der Waals surface area (Å²) in [7, 11) is 0. The number of aryl methyl sites for hydroxylation is 3. The van der Waals surface area contributed by atoms with Gasteiger partial charge in [-0.15, -0.1) is 0 Å². The molecule has 5 heteroatoms. The van der Waals surface area contributed by atoms with Crippen LogP contribution in [0.4, 0.5) is 0 Å². The molecular weight excluding hydrogens is 484 g/mol. The summed E-state index contributed by atoms with van der Waals surface area (Å²) in [4.78, 5) is 16.0. The Balaban J connectivity index is 1.35. The van der Waals surface area contributed by atoms with Crippen LogP contribution in [0.5, 0.6) is 5.75 Å². The van der Waals surface area contributed by atoms with Crippen molar-refractivity contribution in [3.05, 3.63) is 126 Å². The van der Waals surface area contributed by atoms with E-state index in [0.29, 0.717) is 26.1 Å². The highest BCUT2D eigenvalue weighted by molar-refractivity contribution is 5.86. The minimum atomic E-state index is -0.150. The lowest BCUT2D eigenvalue weighted by atomic mass is 10.0. The lowest BCUT2D eigenvalue weighted by Crippen LogP contribution is -2.05. The van der Waals surface area contributed by atoms with Gasteiger partial charge in [0.15, 0.2) is 0 Å². The smallest absolute Gasteiger partial charge is 0.306 e. The number of hydrogen-bond acceptors (Lipinski definition) is 4. The molecule has 2 heterocycles. The van der Waals surface area contributed by atoms with Gasteiger partial charge in [0.25, 0.3) is 0 Å². The summed E-state index contributed by atoms with van der Waals surface area (Å²) in [6.07, 6.45) is 9.68. The van der Waals surface area contributed by atoms with Crippen molar-refractivity contribution in [2.45, 2.75) is 39.0 Å². The van der Waals surface area contributed by atoms with Gasteiger partial charge < -0.3 is 14.0 Å². The SMILES string of the molecule is CCOC(=O)CCc1ccc2c(c1)c(CCc1ccccc1)cn2-c1ccc(OCCc2ccncc2)cc1. The molecule has 0 aliphatic rings. The van der Waals surface area contributed by atoms with Gasteiger partial charge in [0.05, 0.1) is 18.7 Å². The van der Waals surface area contributed by atoms with E-state index < -0.39 is 0 Å². The molecule has 0 saturated carbocycles. The minimum Gasteiger partial charge on any atom is -0.493 e. The fraction of sp³-hybridized carbons (Fsp3) is 0.235. The van der Waals surface area contributed by atoms with Gasteiger partial charge in [-0.2, -0.15) is 0 Å². The van der Waals surface area contributed by atoms with Crippen molar-refractivity contribution in [3.8, 4) is 11.4 Å². The van der Waals surface area contributed by atoms with Crippen molar-refractivity contribution in [2.24, 2.45) is 0 Å². The molecule has 0 aliphatic heterocycles. The number of carbonyl (C=O) groups is 1. The second kappa shape index (κ2) is 12.9. The summed E-state index contributed by atoms with van der Waals surface area (Å²) in [5, 5.41) is 1.23. The average molecular weight is 519 g/mol. The van der Waals surface area contributed by atoms with Crippen LogP contribution < -0.4 is 4.74 Å². The number of pyridine rings is 1. The van der Waals surface area contributed by atoms with E-state index in [2.05, 4.69) is 76.4 Å². The van der Waals surface area contributed by atoms with Crippen molar-refractivity contribution in [1.29, 1.82) is 0 Å². The van der Waals surface area contributed by atoms with E-state index in [1.165, 1.54) is 22.1 Å². The molecule has 3 aromatic carbocycles. The lowest BCUT2D eigenvalue weighted by molar-refractivity contribution is -0.143. The Bertz CT molecular complexity index is 1490. The van der Waals surface area contributed by atoms with E-state index in [0.717, 1.165) is 41.8 Å². The molecule has 0 amide bonds. The third-order valence-corrected chi connectivity index (χ3v) is 6.92. The van der Waals surface area contributed by atoms with Gasteiger partial charge in [0, 0.05) is 42.5 Å². The zero-order valence-electron chi connectivity index (χ0n) is 22.4. The lowest BCUT2D eigenvalue weighted by Gasteiger charge is -2.09. The Kier molecular flexibility index (Phi) is 8.69. The molecule has 2 aromatic heterocycles. The summed E-state index contributed by atoms with van der Waals surface area (Å²) >= 11 is 0. The van der Waals surface area contributed by atoms with Gasteiger partial charge in [-0.1, -0.05) is 36.4 Å². The Morgan fingerprint density at radius 1 is 0.795 bits per heavy atom. The first kappa shape index (κ1) is 26.2. The molecule has 39 heavy (non-hydrogen) atoms. The molecule has 0 fully saturated rings. The molecule has 0 aliphatic carbocycles. The highest BCUT2D eigenvalue weighted by Gasteiger charge is 2.12. The van der Waals surface area contributed by atoms with Crippen molar-refractivity contribution < 1.29 is 14.3 Å². The number of ether oxygens (including phenoxy) is 2. The van der Waals surface area contributed by atoms with E-state index in [-0.39, 0.29) is 5.97 Å². The second-order valence-corrected chi connectivity index (χ2v) is 9.61. The van der Waals surface area contributed by atoms with Gasteiger partial charge in [0.2, 0.25) is 0 Å². The fourth-order valence-corrected chi connectivity index (χ4v) is 4.86. The molecule has 0 radical (unpaired) electrons. The van der Waals surface area contributed by atoms with Crippen molar-refractivity contribution >= 4 is 16.9 Å². The molecule has 5 nitrogen and oxygen atoms in total. The number of aromatic nitrogens is 2. The third-order valence-electron chi connectivity index (χ3n) is 6.92. The summed E-state index contributed by atoms with van der Waals surface area (Å²) in [6, 6.07) is 29.4. The van der Waals surface area contributed by atoms with Crippen LogP contribution in [0.1, 0.15) is 35.6 Å². The molecule has 0 bridgehead atoms. The monoisotopic (exact) mass is 518 g/mol. The Morgan fingerprint density at radius 2 is 1.56 bits per heavy atom. The highest BCUT2D eigenvalue weighted by atomic mass is 16.5. The van der Waals surface area contributed by atoms with Crippen LogP contribution in [0.2, 0.25) is 0 Å². The van der Waals surface area contributed by atoms with Crippen LogP contribution in [0.25, 0.3) is 16.6 Å². The zero-order valence-corrected chi connectivity index (χ0v) is 22.4. The summed E-state index contributed by atoms with van der Waals surface area (Å²) in [5.41, 5.74) is 7.22. The van der Waals surface area contributed by atoms with Crippen LogP contribution in [0, 0.1) is 0 Å². The maximum Gasteiger partial charge on any atom is 0.306 e. The molecule has 5 rings (SSSR count). The predicted molar refractivity (Wildman–Crippen MR) is 156 cm³/mol. The predicted octanol–water partition coefficient (Wildman–Crippen LogP) is 6.93. The van der Waals surface area contributed by atoms with Crippen molar-refractivity contribution in [2.75, 3.05) is 13.2 Å². The molecule has 0 atom stereocenters. The first-order valence-electron chi connectivity index (χ1n) is 13.6. The first-order chi connectivity index (χ1) is 19.2. The van der Waals surface area contributed by atoms with E-state index in [1.807, 2.05) is 43.6 Å². The Labute approximate surface area is 230 Å². The van der Waals surface area contributed by atoms with Crippen LogP contribution >= 0.6 is 0 Å². The second-order valence-electron chi connectivity index (χ2n) is 9.61. The van der Waals surface area contributed by atoms with Gasteiger partial charge in [-0.3, -0.25) is 9.78 Å². The van der Waals surface area contributed by atoms with Crippen LogP contribution in [-0.4, -0.2) is 28.7 Å². The van der Waals surface area contributed by atoms with Crippen molar-refractivity contribution in [3.63, 3.8) is 0 Å². The molecule has 198 valence electrons. The number of fused-ring (bicyclic) bond motifs is 1. The first-order valence-corrected chi connectivity index (χ1v) is 13.6. The van der Waals surface area contributed by atoms with Gasteiger partial charge in [0.1, 0.15) is 5.75 Å². The zero-order chi connectivity index (χ0) is 26.9. The molecule has 5 aromatic rings. The third kappa shape index (κ3) is 6.94. The number of rotatable bonds is 12. The Morgan fingerprint density at radius 3 is 2.33 bits per heavy atom. The normalized spacial score (nSPS) is 11.0. The van der Waals surface area contributed by atoms with E-state index >= 15 is 0 Å². The maximum atomic E-state index is 11.9. The van der Waals surface area contributed by atoms with E-state index in [9.17, 15) is 4.79 Å².